The van der Waals surface area contributed by atoms with E-state index >= 15 is 0 Å². The maximum atomic E-state index is 12.4. The van der Waals surface area contributed by atoms with E-state index in [9.17, 15) is 14.7 Å². The molecule has 0 aromatic heterocycles. The predicted molar refractivity (Wildman–Crippen MR) is 85.4 cm³/mol. The predicted octanol–water partition coefficient (Wildman–Crippen LogP) is 1.92. The van der Waals surface area contributed by atoms with Gasteiger partial charge in [0.05, 0.1) is 7.11 Å². The van der Waals surface area contributed by atoms with E-state index in [4.69, 9.17) is 4.74 Å². The Kier molecular flexibility index (Phi) is 5.13. The van der Waals surface area contributed by atoms with Gasteiger partial charge in [0.2, 0.25) is 0 Å². The molecule has 0 saturated heterocycles. The van der Waals surface area contributed by atoms with Crippen LogP contribution in [-0.2, 0) is 19.9 Å². The molecule has 0 spiro atoms. The minimum atomic E-state index is -1.39. The Morgan fingerprint density at radius 2 is 1.57 bits per heavy atom. The van der Waals surface area contributed by atoms with Gasteiger partial charge in [0.1, 0.15) is 0 Å². The second-order valence-corrected chi connectivity index (χ2v) is 5.29. The van der Waals surface area contributed by atoms with Crippen molar-refractivity contribution in [2.45, 2.75) is 18.6 Å². The van der Waals surface area contributed by atoms with Crippen molar-refractivity contribution in [3.63, 3.8) is 0 Å². The summed E-state index contributed by atoms with van der Waals surface area (Å²) in [4.78, 5) is 24.6. The molecule has 0 aliphatic carbocycles. The molecule has 5 heteroatoms. The maximum Gasteiger partial charge on any atom is 0.336 e. The quantitative estimate of drug-likeness (QED) is 0.827. The second-order valence-electron chi connectivity index (χ2n) is 5.29. The second kappa shape index (κ2) is 7.07. The molecule has 2 N–H and O–H groups in total. The van der Waals surface area contributed by atoms with Crippen molar-refractivity contribution in [3.05, 3.63) is 71.8 Å². The number of carbonyl (C=O) groups is 2. The van der Waals surface area contributed by atoms with Gasteiger partial charge in [-0.05, 0) is 18.1 Å². The fourth-order valence-electron chi connectivity index (χ4n) is 2.32. The number of nitrogens with one attached hydrogen (secondary N) is 1. The third-order valence-electron chi connectivity index (χ3n) is 3.68. The van der Waals surface area contributed by atoms with E-state index in [1.54, 1.807) is 61.5 Å². The molecule has 2 aromatic carbocycles. The standard InChI is InChI=1S/C18H19NO4/c1-18(17(22)23-2,14-11-7-4-8-12-14)19-16(21)15(20)13-9-5-3-6-10-13/h3-12,15,20H,1-2H3,(H,19,21). The van der Waals surface area contributed by atoms with E-state index in [1.165, 1.54) is 7.11 Å². The smallest absolute Gasteiger partial charge is 0.336 e. The third-order valence-corrected chi connectivity index (χ3v) is 3.68. The molecule has 5 nitrogen and oxygen atoms in total. The highest BCUT2D eigenvalue weighted by atomic mass is 16.5. The molecule has 0 fully saturated rings. The minimum Gasteiger partial charge on any atom is -0.467 e. The molecular formula is C18H19NO4. The number of rotatable bonds is 5. The fraction of sp³-hybridized carbons (Fsp3) is 0.222. The van der Waals surface area contributed by atoms with E-state index in [2.05, 4.69) is 5.32 Å². The first kappa shape index (κ1) is 16.7. The molecule has 0 heterocycles. The zero-order valence-corrected chi connectivity index (χ0v) is 13.0. The van der Waals surface area contributed by atoms with Gasteiger partial charge in [0, 0.05) is 0 Å². The van der Waals surface area contributed by atoms with E-state index in [1.807, 2.05) is 6.07 Å². The highest BCUT2D eigenvalue weighted by Crippen LogP contribution is 2.24. The molecular weight excluding hydrogens is 294 g/mol. The first-order valence-electron chi connectivity index (χ1n) is 7.18. The summed E-state index contributed by atoms with van der Waals surface area (Å²) >= 11 is 0. The van der Waals surface area contributed by atoms with Crippen molar-refractivity contribution >= 4 is 11.9 Å². The zero-order valence-electron chi connectivity index (χ0n) is 13.0. The van der Waals surface area contributed by atoms with Crippen LogP contribution in [0.15, 0.2) is 60.7 Å². The van der Waals surface area contributed by atoms with Crippen molar-refractivity contribution in [3.8, 4) is 0 Å². The summed E-state index contributed by atoms with van der Waals surface area (Å²) in [6, 6.07) is 17.3. The summed E-state index contributed by atoms with van der Waals surface area (Å²) in [5, 5.41) is 12.8. The molecule has 120 valence electrons. The lowest BCUT2D eigenvalue weighted by molar-refractivity contribution is -0.152. The Hall–Kier alpha value is -2.66. The average Bonchev–Trinajstić information content (AvgIpc) is 2.61. The Balaban J connectivity index is 2.28. The summed E-state index contributed by atoms with van der Waals surface area (Å²) in [7, 11) is 1.25. The maximum absolute atomic E-state index is 12.4. The highest BCUT2D eigenvalue weighted by molar-refractivity contribution is 5.91. The normalized spacial score (nSPS) is 14.4. The van der Waals surface area contributed by atoms with Gasteiger partial charge in [-0.3, -0.25) is 4.79 Å². The fourth-order valence-corrected chi connectivity index (χ4v) is 2.32. The van der Waals surface area contributed by atoms with Gasteiger partial charge in [0.25, 0.3) is 5.91 Å². The highest BCUT2D eigenvalue weighted by Gasteiger charge is 2.39. The van der Waals surface area contributed by atoms with Crippen molar-refractivity contribution < 1.29 is 19.4 Å². The van der Waals surface area contributed by atoms with E-state index in [0.29, 0.717) is 11.1 Å². The Bertz CT molecular complexity index is 672. The molecule has 0 bridgehead atoms. The lowest BCUT2D eigenvalue weighted by atomic mass is 9.91. The molecule has 23 heavy (non-hydrogen) atoms. The van der Waals surface area contributed by atoms with Gasteiger partial charge in [-0.15, -0.1) is 0 Å². The van der Waals surface area contributed by atoms with E-state index in [-0.39, 0.29) is 0 Å². The van der Waals surface area contributed by atoms with Gasteiger partial charge in [-0.25, -0.2) is 4.79 Å². The first-order valence-corrected chi connectivity index (χ1v) is 7.18. The average molecular weight is 313 g/mol. The molecule has 2 rings (SSSR count). The minimum absolute atomic E-state index is 0.449. The van der Waals surface area contributed by atoms with Crippen molar-refractivity contribution in [2.24, 2.45) is 0 Å². The lowest BCUT2D eigenvalue weighted by Crippen LogP contribution is -2.51. The summed E-state index contributed by atoms with van der Waals surface area (Å²) < 4.78 is 4.82. The number of methoxy groups -OCH3 is 1. The van der Waals surface area contributed by atoms with Gasteiger partial charge in [0.15, 0.2) is 11.6 Å². The van der Waals surface area contributed by atoms with Crippen LogP contribution in [0.4, 0.5) is 0 Å². The zero-order chi connectivity index (χ0) is 16.9. The van der Waals surface area contributed by atoms with E-state index < -0.39 is 23.5 Å². The van der Waals surface area contributed by atoms with Crippen LogP contribution in [0.1, 0.15) is 24.2 Å². The van der Waals surface area contributed by atoms with Crippen LogP contribution in [0.25, 0.3) is 0 Å². The number of aliphatic hydroxyl groups excluding tert-OH is 1. The van der Waals surface area contributed by atoms with Crippen LogP contribution in [0, 0.1) is 0 Å². The van der Waals surface area contributed by atoms with Crippen LogP contribution in [-0.4, -0.2) is 24.1 Å². The van der Waals surface area contributed by atoms with Crippen molar-refractivity contribution in [1.82, 2.24) is 5.32 Å². The van der Waals surface area contributed by atoms with Gasteiger partial charge >= 0.3 is 5.97 Å². The molecule has 2 unspecified atom stereocenters. The summed E-state index contributed by atoms with van der Waals surface area (Å²) in [5.41, 5.74) is -0.367. The molecule has 0 saturated carbocycles. The third kappa shape index (κ3) is 3.57. The Morgan fingerprint density at radius 1 is 1.04 bits per heavy atom. The van der Waals surface area contributed by atoms with Crippen LogP contribution in [0.5, 0.6) is 0 Å². The largest absolute Gasteiger partial charge is 0.467 e. The molecule has 2 atom stereocenters. The Labute approximate surface area is 134 Å². The number of esters is 1. The number of ether oxygens (including phenoxy) is 1. The number of amides is 1. The number of aliphatic hydroxyl groups is 1. The van der Waals surface area contributed by atoms with Crippen molar-refractivity contribution in [1.29, 1.82) is 0 Å². The summed E-state index contributed by atoms with van der Waals surface area (Å²) in [6.45, 7) is 1.55. The molecule has 2 aromatic rings. The molecule has 0 aliphatic heterocycles. The number of carbonyl (C=O) groups excluding carboxylic acids is 2. The van der Waals surface area contributed by atoms with Gasteiger partial charge in [-0.2, -0.15) is 0 Å². The van der Waals surface area contributed by atoms with Crippen LogP contribution in [0.2, 0.25) is 0 Å². The van der Waals surface area contributed by atoms with Crippen LogP contribution >= 0.6 is 0 Å². The SMILES string of the molecule is COC(=O)C(C)(NC(=O)C(O)c1ccccc1)c1ccccc1. The number of benzene rings is 2. The molecule has 1 amide bonds. The first-order chi connectivity index (χ1) is 11.0. The van der Waals surface area contributed by atoms with Crippen molar-refractivity contribution in [2.75, 3.05) is 7.11 Å². The number of hydrogen-bond donors (Lipinski definition) is 2. The lowest BCUT2D eigenvalue weighted by Gasteiger charge is -2.29. The summed E-state index contributed by atoms with van der Waals surface area (Å²) in [6.07, 6.45) is -1.37. The topological polar surface area (TPSA) is 75.6 Å². The monoisotopic (exact) mass is 313 g/mol. The van der Waals surface area contributed by atoms with Crippen LogP contribution in [0.3, 0.4) is 0 Å². The van der Waals surface area contributed by atoms with E-state index in [0.717, 1.165) is 0 Å². The molecule has 0 aliphatic rings. The van der Waals surface area contributed by atoms with Crippen LogP contribution < -0.4 is 5.32 Å². The van der Waals surface area contributed by atoms with Gasteiger partial charge < -0.3 is 15.2 Å². The number of hydrogen-bond acceptors (Lipinski definition) is 4. The Morgan fingerprint density at radius 3 is 2.09 bits per heavy atom. The summed E-state index contributed by atoms with van der Waals surface area (Å²) in [5.74, 6) is -1.29. The molecule has 0 radical (unpaired) electrons. The van der Waals surface area contributed by atoms with Gasteiger partial charge in [-0.1, -0.05) is 60.7 Å².